The van der Waals surface area contributed by atoms with Gasteiger partial charge in [0.15, 0.2) is 0 Å². The van der Waals surface area contributed by atoms with E-state index in [1.54, 1.807) is 18.7 Å². The Morgan fingerprint density at radius 3 is 2.94 bits per heavy atom. The molecule has 0 aliphatic carbocycles. The summed E-state index contributed by atoms with van der Waals surface area (Å²) in [5.41, 5.74) is 0.911. The highest BCUT2D eigenvalue weighted by molar-refractivity contribution is 5.08. The van der Waals surface area contributed by atoms with E-state index in [-0.39, 0.29) is 0 Å². The normalized spacial score (nSPS) is 10.5. The minimum absolute atomic E-state index is 0.370. The van der Waals surface area contributed by atoms with Gasteiger partial charge in [-0.2, -0.15) is 0 Å². The first-order valence-electron chi connectivity index (χ1n) is 6.05. The third-order valence-electron chi connectivity index (χ3n) is 2.36. The fourth-order valence-corrected chi connectivity index (χ4v) is 1.44. The van der Waals surface area contributed by atoms with E-state index in [0.29, 0.717) is 12.5 Å². The smallest absolute Gasteiger partial charge is 0.232 e. The van der Waals surface area contributed by atoms with Gasteiger partial charge in [0.05, 0.1) is 24.4 Å². The largest absolute Gasteiger partial charge is 0.468 e. The number of nitrogens with one attached hydrogen (secondary N) is 1. The fraction of sp³-hybridized carbons (Fsp3) is 0.385. The van der Waals surface area contributed by atoms with Gasteiger partial charge in [0.2, 0.25) is 5.88 Å². The Morgan fingerprint density at radius 1 is 1.33 bits per heavy atom. The number of aromatic nitrogens is 2. The fourth-order valence-electron chi connectivity index (χ4n) is 1.44. The lowest BCUT2D eigenvalue weighted by Crippen LogP contribution is -2.15. The summed E-state index contributed by atoms with van der Waals surface area (Å²) in [5, 5.41) is 3.27. The molecule has 0 aliphatic heterocycles. The maximum Gasteiger partial charge on any atom is 0.232 e. The first kappa shape index (κ1) is 12.6. The van der Waals surface area contributed by atoms with E-state index in [4.69, 9.17) is 9.15 Å². The first-order chi connectivity index (χ1) is 8.88. The van der Waals surface area contributed by atoms with Gasteiger partial charge in [0.25, 0.3) is 0 Å². The van der Waals surface area contributed by atoms with Crippen molar-refractivity contribution in [3.8, 4) is 5.88 Å². The SMILES string of the molecule is CCCNCc1cnc(OCc2ccco2)cn1. The van der Waals surface area contributed by atoms with Gasteiger partial charge in [0.1, 0.15) is 12.4 Å². The third-order valence-corrected chi connectivity index (χ3v) is 2.36. The summed E-state index contributed by atoms with van der Waals surface area (Å²) in [7, 11) is 0. The summed E-state index contributed by atoms with van der Waals surface area (Å²) in [4.78, 5) is 8.46. The highest BCUT2D eigenvalue weighted by Crippen LogP contribution is 2.08. The van der Waals surface area contributed by atoms with Crippen LogP contribution in [0.1, 0.15) is 24.8 Å². The standard InChI is InChI=1S/C13H17N3O2/c1-2-5-14-7-11-8-16-13(9-15-11)18-10-12-4-3-6-17-12/h3-4,6,8-9,14H,2,5,7,10H2,1H3. The Hall–Kier alpha value is -1.88. The summed E-state index contributed by atoms with van der Waals surface area (Å²) in [6.07, 6.45) is 6.08. The topological polar surface area (TPSA) is 60.2 Å². The molecule has 5 heteroatoms. The van der Waals surface area contributed by atoms with Crippen molar-refractivity contribution in [2.24, 2.45) is 0 Å². The summed E-state index contributed by atoms with van der Waals surface area (Å²) in [5.74, 6) is 1.27. The second-order valence-electron chi connectivity index (χ2n) is 3.89. The van der Waals surface area contributed by atoms with Crippen LogP contribution in [0, 0.1) is 0 Å². The van der Waals surface area contributed by atoms with Gasteiger partial charge in [-0.25, -0.2) is 4.98 Å². The van der Waals surface area contributed by atoms with Crippen LogP contribution in [0.25, 0.3) is 0 Å². The van der Waals surface area contributed by atoms with Crippen LogP contribution in [0.5, 0.6) is 5.88 Å². The Balaban J connectivity index is 1.80. The quantitative estimate of drug-likeness (QED) is 0.760. The maximum atomic E-state index is 5.44. The molecular formula is C13H17N3O2. The van der Waals surface area contributed by atoms with Gasteiger partial charge >= 0.3 is 0 Å². The molecule has 0 amide bonds. The molecule has 2 aromatic heterocycles. The highest BCUT2D eigenvalue weighted by atomic mass is 16.5. The second kappa shape index (κ2) is 6.76. The molecular weight excluding hydrogens is 230 g/mol. The van der Waals surface area contributed by atoms with Crippen LogP contribution in [0.4, 0.5) is 0 Å². The van der Waals surface area contributed by atoms with Crippen molar-refractivity contribution < 1.29 is 9.15 Å². The first-order valence-corrected chi connectivity index (χ1v) is 6.05. The minimum Gasteiger partial charge on any atom is -0.468 e. The van der Waals surface area contributed by atoms with Crippen molar-refractivity contribution in [2.45, 2.75) is 26.5 Å². The lowest BCUT2D eigenvalue weighted by atomic mass is 10.4. The number of nitrogens with zero attached hydrogens (tertiary/aromatic N) is 2. The number of furan rings is 1. The molecule has 96 valence electrons. The molecule has 0 aromatic carbocycles. The van der Waals surface area contributed by atoms with E-state index in [2.05, 4.69) is 22.2 Å². The molecule has 0 bridgehead atoms. The molecule has 0 atom stereocenters. The van der Waals surface area contributed by atoms with Crippen molar-refractivity contribution >= 4 is 0 Å². The molecule has 2 rings (SSSR count). The van der Waals surface area contributed by atoms with Crippen LogP contribution in [0.2, 0.25) is 0 Å². The molecule has 18 heavy (non-hydrogen) atoms. The van der Waals surface area contributed by atoms with Crippen molar-refractivity contribution in [1.29, 1.82) is 0 Å². The van der Waals surface area contributed by atoms with Crippen LogP contribution < -0.4 is 10.1 Å². The highest BCUT2D eigenvalue weighted by Gasteiger charge is 2.00. The Morgan fingerprint density at radius 2 is 2.28 bits per heavy atom. The summed E-state index contributed by atoms with van der Waals surface area (Å²) >= 11 is 0. The molecule has 1 N–H and O–H groups in total. The van der Waals surface area contributed by atoms with Gasteiger partial charge < -0.3 is 14.5 Å². The van der Waals surface area contributed by atoms with Crippen molar-refractivity contribution in [1.82, 2.24) is 15.3 Å². The van der Waals surface area contributed by atoms with Gasteiger partial charge in [-0.1, -0.05) is 6.92 Å². The molecule has 0 radical (unpaired) electrons. The average molecular weight is 247 g/mol. The van der Waals surface area contributed by atoms with Crippen molar-refractivity contribution in [3.63, 3.8) is 0 Å². The summed E-state index contributed by atoms with van der Waals surface area (Å²) in [6, 6.07) is 3.68. The summed E-state index contributed by atoms with van der Waals surface area (Å²) in [6.45, 7) is 4.22. The third kappa shape index (κ3) is 3.85. The van der Waals surface area contributed by atoms with Crippen molar-refractivity contribution in [2.75, 3.05) is 6.54 Å². The zero-order valence-electron chi connectivity index (χ0n) is 10.4. The molecule has 0 spiro atoms. The van der Waals surface area contributed by atoms with Crippen LogP contribution >= 0.6 is 0 Å². The van der Waals surface area contributed by atoms with Crippen LogP contribution in [-0.4, -0.2) is 16.5 Å². The van der Waals surface area contributed by atoms with Gasteiger partial charge in [-0.15, -0.1) is 0 Å². The van der Waals surface area contributed by atoms with E-state index in [0.717, 1.165) is 31.0 Å². The molecule has 2 aromatic rings. The Labute approximate surface area is 106 Å². The van der Waals surface area contributed by atoms with E-state index >= 15 is 0 Å². The Kier molecular flexibility index (Phi) is 4.72. The predicted molar refractivity (Wildman–Crippen MR) is 67.1 cm³/mol. The maximum absolute atomic E-state index is 5.44. The van der Waals surface area contributed by atoms with Gasteiger partial charge in [-0.3, -0.25) is 4.98 Å². The van der Waals surface area contributed by atoms with Crippen LogP contribution in [-0.2, 0) is 13.2 Å². The predicted octanol–water partition coefficient (Wildman–Crippen LogP) is 2.15. The zero-order chi connectivity index (χ0) is 12.6. The van der Waals surface area contributed by atoms with E-state index in [1.165, 1.54) is 0 Å². The molecule has 0 unspecified atom stereocenters. The lowest BCUT2D eigenvalue weighted by molar-refractivity contribution is 0.259. The number of ether oxygens (including phenoxy) is 1. The monoisotopic (exact) mass is 247 g/mol. The number of hydrogen-bond donors (Lipinski definition) is 1. The summed E-state index contributed by atoms with van der Waals surface area (Å²) < 4.78 is 10.6. The van der Waals surface area contributed by atoms with Gasteiger partial charge in [0, 0.05) is 6.54 Å². The molecule has 0 saturated heterocycles. The van der Waals surface area contributed by atoms with Crippen LogP contribution in [0.15, 0.2) is 35.2 Å². The van der Waals surface area contributed by atoms with E-state index in [9.17, 15) is 0 Å². The molecule has 0 saturated carbocycles. The minimum atomic E-state index is 0.370. The van der Waals surface area contributed by atoms with E-state index in [1.807, 2.05) is 12.1 Å². The molecule has 0 aliphatic rings. The second-order valence-corrected chi connectivity index (χ2v) is 3.89. The number of hydrogen-bond acceptors (Lipinski definition) is 5. The molecule has 2 heterocycles. The average Bonchev–Trinajstić information content (AvgIpc) is 2.91. The van der Waals surface area contributed by atoms with Crippen LogP contribution in [0.3, 0.4) is 0 Å². The van der Waals surface area contributed by atoms with Crippen molar-refractivity contribution in [3.05, 3.63) is 42.2 Å². The van der Waals surface area contributed by atoms with E-state index < -0.39 is 0 Å². The zero-order valence-corrected chi connectivity index (χ0v) is 10.4. The number of rotatable bonds is 7. The Bertz CT molecular complexity index is 440. The lowest BCUT2D eigenvalue weighted by Gasteiger charge is -2.04. The van der Waals surface area contributed by atoms with Gasteiger partial charge in [-0.05, 0) is 25.1 Å². The molecule has 5 nitrogen and oxygen atoms in total. The molecule has 0 fully saturated rings.